The smallest absolute Gasteiger partial charge is 0.319 e. The van der Waals surface area contributed by atoms with Gasteiger partial charge in [-0.05, 0) is 24.6 Å². The Kier molecular flexibility index (Phi) is 4.86. The van der Waals surface area contributed by atoms with E-state index in [1.54, 1.807) is 6.07 Å². The molecule has 3 N–H and O–H groups in total. The van der Waals surface area contributed by atoms with Crippen LogP contribution >= 0.6 is 0 Å². The summed E-state index contributed by atoms with van der Waals surface area (Å²) in [6.07, 6.45) is 0.449. The van der Waals surface area contributed by atoms with Crippen LogP contribution in [0.3, 0.4) is 0 Å². The van der Waals surface area contributed by atoms with Gasteiger partial charge in [0, 0.05) is 25.7 Å². The summed E-state index contributed by atoms with van der Waals surface area (Å²) in [5.41, 5.74) is 1.60. The van der Waals surface area contributed by atoms with Crippen LogP contribution < -0.4 is 20.3 Å². The number of aliphatic carboxylic acids is 1. The fraction of sp³-hybridized carbons (Fsp3) is 0.429. The van der Waals surface area contributed by atoms with E-state index in [0.29, 0.717) is 25.3 Å². The molecular weight excluding hydrogens is 274 g/mol. The van der Waals surface area contributed by atoms with Crippen molar-refractivity contribution in [2.45, 2.75) is 12.8 Å². The average molecular weight is 293 g/mol. The van der Waals surface area contributed by atoms with Crippen molar-refractivity contribution in [1.29, 1.82) is 0 Å². The Morgan fingerprint density at radius 3 is 3.00 bits per heavy atom. The third-order valence-electron chi connectivity index (χ3n) is 3.17. The molecule has 0 atom stereocenters. The Morgan fingerprint density at radius 2 is 2.24 bits per heavy atom. The maximum Gasteiger partial charge on any atom is 0.319 e. The molecule has 7 heteroatoms. The van der Waals surface area contributed by atoms with E-state index in [2.05, 4.69) is 15.5 Å². The third kappa shape index (κ3) is 4.27. The van der Waals surface area contributed by atoms with Gasteiger partial charge in [-0.3, -0.25) is 4.79 Å². The summed E-state index contributed by atoms with van der Waals surface area (Å²) in [5.74, 6) is -0.0638. The summed E-state index contributed by atoms with van der Waals surface area (Å²) in [6.45, 7) is 1.78. The maximum absolute atomic E-state index is 11.7. The van der Waals surface area contributed by atoms with Crippen LogP contribution in [0.25, 0.3) is 0 Å². The van der Waals surface area contributed by atoms with Crippen LogP contribution in [0.5, 0.6) is 5.75 Å². The number of nitrogens with zero attached hydrogens (tertiary/aromatic N) is 1. The quantitative estimate of drug-likeness (QED) is 0.716. The summed E-state index contributed by atoms with van der Waals surface area (Å²) in [6, 6.07) is 5.10. The van der Waals surface area contributed by atoms with Crippen molar-refractivity contribution < 1.29 is 19.4 Å². The summed E-state index contributed by atoms with van der Waals surface area (Å²) in [7, 11) is 1.97. The first-order valence-corrected chi connectivity index (χ1v) is 6.81. The van der Waals surface area contributed by atoms with Gasteiger partial charge >= 0.3 is 12.0 Å². The van der Waals surface area contributed by atoms with Gasteiger partial charge in [0.25, 0.3) is 0 Å². The Bertz CT molecular complexity index is 533. The molecule has 1 aliphatic heterocycles. The molecule has 21 heavy (non-hydrogen) atoms. The largest absolute Gasteiger partial charge is 0.490 e. The fourth-order valence-electron chi connectivity index (χ4n) is 2.05. The number of anilines is 2. The molecule has 2 rings (SSSR count). The second kappa shape index (κ2) is 6.83. The number of benzene rings is 1. The van der Waals surface area contributed by atoms with E-state index in [1.807, 2.05) is 19.2 Å². The number of carbonyl (C=O) groups is 2. The van der Waals surface area contributed by atoms with E-state index in [4.69, 9.17) is 9.84 Å². The summed E-state index contributed by atoms with van der Waals surface area (Å²) < 4.78 is 5.53. The Labute approximate surface area is 122 Å². The van der Waals surface area contributed by atoms with E-state index >= 15 is 0 Å². The highest BCUT2D eigenvalue weighted by atomic mass is 16.5. The molecule has 0 fully saturated rings. The lowest BCUT2D eigenvalue weighted by Gasteiger charge is -2.28. The van der Waals surface area contributed by atoms with Crippen molar-refractivity contribution in [2.24, 2.45) is 0 Å². The first-order chi connectivity index (χ1) is 10.1. The van der Waals surface area contributed by atoms with Gasteiger partial charge in [0.1, 0.15) is 12.4 Å². The molecule has 0 aromatic heterocycles. The number of urea groups is 1. The first-order valence-electron chi connectivity index (χ1n) is 6.81. The Balaban J connectivity index is 1.86. The molecule has 1 aromatic carbocycles. The van der Waals surface area contributed by atoms with Crippen molar-refractivity contribution in [3.05, 3.63) is 18.2 Å². The lowest BCUT2D eigenvalue weighted by atomic mass is 10.2. The molecule has 1 aromatic rings. The Hall–Kier alpha value is -2.44. The zero-order valence-corrected chi connectivity index (χ0v) is 11.9. The number of carboxylic acids is 1. The number of likely N-dealkylation sites (N-methyl/N-ethyl adjacent to an activating group) is 1. The summed E-state index contributed by atoms with van der Waals surface area (Å²) in [5, 5.41) is 13.8. The van der Waals surface area contributed by atoms with Gasteiger partial charge in [-0.25, -0.2) is 4.79 Å². The maximum atomic E-state index is 11.7. The minimum absolute atomic E-state index is 0.0429. The van der Waals surface area contributed by atoms with Crippen LogP contribution in [0.15, 0.2) is 18.2 Å². The number of ether oxygens (including phenoxy) is 1. The molecule has 0 saturated heterocycles. The second-order valence-corrected chi connectivity index (χ2v) is 4.83. The van der Waals surface area contributed by atoms with Crippen molar-refractivity contribution in [3.8, 4) is 5.75 Å². The number of hydrogen-bond acceptors (Lipinski definition) is 4. The van der Waals surface area contributed by atoms with Gasteiger partial charge < -0.3 is 25.4 Å². The highest BCUT2D eigenvalue weighted by molar-refractivity contribution is 5.90. The molecule has 0 bridgehead atoms. The van der Waals surface area contributed by atoms with E-state index in [-0.39, 0.29) is 12.5 Å². The summed E-state index contributed by atoms with van der Waals surface area (Å²) >= 11 is 0. The first kappa shape index (κ1) is 15.0. The molecule has 1 aliphatic rings. The van der Waals surface area contributed by atoms with Crippen LogP contribution in [0.2, 0.25) is 0 Å². The second-order valence-electron chi connectivity index (χ2n) is 4.83. The van der Waals surface area contributed by atoms with Crippen LogP contribution in [0.4, 0.5) is 16.2 Å². The fourth-order valence-corrected chi connectivity index (χ4v) is 2.05. The summed E-state index contributed by atoms with van der Waals surface area (Å²) in [4.78, 5) is 24.1. The zero-order chi connectivity index (χ0) is 15.2. The highest BCUT2D eigenvalue weighted by Crippen LogP contribution is 2.33. The van der Waals surface area contributed by atoms with Crippen molar-refractivity contribution in [2.75, 3.05) is 37.0 Å². The van der Waals surface area contributed by atoms with Gasteiger partial charge in [0.15, 0.2) is 0 Å². The molecule has 114 valence electrons. The predicted molar refractivity (Wildman–Crippen MR) is 79.1 cm³/mol. The van der Waals surface area contributed by atoms with Crippen LogP contribution in [0, 0.1) is 0 Å². The number of carboxylic acid groups (broad SMARTS) is 1. The molecule has 0 aliphatic carbocycles. The van der Waals surface area contributed by atoms with Crippen molar-refractivity contribution in [1.82, 2.24) is 5.32 Å². The van der Waals surface area contributed by atoms with E-state index in [1.165, 1.54) is 0 Å². The molecule has 0 unspecified atom stereocenters. The van der Waals surface area contributed by atoms with Gasteiger partial charge in [0.2, 0.25) is 0 Å². The minimum atomic E-state index is -0.866. The number of carbonyl (C=O) groups excluding carboxylic acids is 1. The number of hydrogen-bond donors (Lipinski definition) is 3. The lowest BCUT2D eigenvalue weighted by Crippen LogP contribution is -2.31. The molecule has 2 amide bonds. The number of rotatable bonds is 5. The zero-order valence-electron chi connectivity index (χ0n) is 11.9. The molecule has 7 nitrogen and oxygen atoms in total. The molecule has 0 spiro atoms. The normalized spacial score (nSPS) is 13.1. The Morgan fingerprint density at radius 1 is 1.43 bits per heavy atom. The van der Waals surface area contributed by atoms with E-state index in [9.17, 15) is 9.59 Å². The molecule has 0 saturated carbocycles. The highest BCUT2D eigenvalue weighted by Gasteiger charge is 2.15. The third-order valence-corrected chi connectivity index (χ3v) is 3.17. The monoisotopic (exact) mass is 293 g/mol. The lowest BCUT2D eigenvalue weighted by molar-refractivity contribution is -0.137. The molecule has 0 radical (unpaired) electrons. The predicted octanol–water partition coefficient (Wildman–Crippen LogP) is 1.50. The molecule has 1 heterocycles. The van der Waals surface area contributed by atoms with Gasteiger partial charge in [0.05, 0.1) is 12.2 Å². The standard InChI is InChI=1S/C14H19N3O4/c1-17-7-8-21-12-5-4-10(9-11(12)17)16-14(20)15-6-2-3-13(18)19/h4-5,9H,2-3,6-8H2,1H3,(H,18,19)(H2,15,16,20). The van der Waals surface area contributed by atoms with Gasteiger partial charge in [-0.1, -0.05) is 0 Å². The average Bonchev–Trinajstić information content (AvgIpc) is 2.44. The van der Waals surface area contributed by atoms with Gasteiger partial charge in [-0.2, -0.15) is 0 Å². The number of amides is 2. The number of fused-ring (bicyclic) bond motifs is 1. The van der Waals surface area contributed by atoms with Crippen molar-refractivity contribution in [3.63, 3.8) is 0 Å². The SMILES string of the molecule is CN1CCOc2ccc(NC(=O)NCCCC(=O)O)cc21. The number of nitrogens with one attached hydrogen (secondary N) is 2. The van der Waals surface area contributed by atoms with Crippen molar-refractivity contribution >= 4 is 23.4 Å². The van der Waals surface area contributed by atoms with Crippen LogP contribution in [-0.4, -0.2) is 43.9 Å². The minimum Gasteiger partial charge on any atom is -0.490 e. The van der Waals surface area contributed by atoms with Gasteiger partial charge in [-0.15, -0.1) is 0 Å². The van der Waals surface area contributed by atoms with Crippen LogP contribution in [0.1, 0.15) is 12.8 Å². The molecular formula is C14H19N3O4. The van der Waals surface area contributed by atoms with Crippen LogP contribution in [-0.2, 0) is 4.79 Å². The van der Waals surface area contributed by atoms with E-state index < -0.39 is 5.97 Å². The van der Waals surface area contributed by atoms with E-state index in [0.717, 1.165) is 18.0 Å². The topological polar surface area (TPSA) is 90.9 Å².